The third-order valence-corrected chi connectivity index (χ3v) is 4.16. The van der Waals surface area contributed by atoms with Gasteiger partial charge in [-0.15, -0.1) is 0 Å². The molecule has 110 valence electrons. The first-order chi connectivity index (χ1) is 9.74. The predicted octanol–water partition coefficient (Wildman–Crippen LogP) is 1.54. The Morgan fingerprint density at radius 2 is 1.95 bits per heavy atom. The van der Waals surface area contributed by atoms with Crippen LogP contribution in [0.25, 0.3) is 0 Å². The Morgan fingerprint density at radius 1 is 1.20 bits per heavy atom. The molecule has 1 aliphatic carbocycles. The standard InChI is InChI=1S/C15H25N5/c1-2-3-14-17-13(16)10-15(18-14)20-8-6-19(7-9-20)11-12-4-5-12/h10,12H,2-9,11H2,1H3,(H2,16,17,18). The van der Waals surface area contributed by atoms with E-state index in [1.165, 1.54) is 19.4 Å². The first-order valence-electron chi connectivity index (χ1n) is 7.85. The second-order valence-corrected chi connectivity index (χ2v) is 6.05. The second kappa shape index (κ2) is 5.95. The summed E-state index contributed by atoms with van der Waals surface area (Å²) in [5.74, 6) is 3.46. The van der Waals surface area contributed by atoms with E-state index in [0.717, 1.165) is 56.6 Å². The minimum absolute atomic E-state index is 0.596. The molecule has 1 saturated heterocycles. The van der Waals surface area contributed by atoms with Crippen LogP contribution in [0.4, 0.5) is 11.6 Å². The van der Waals surface area contributed by atoms with Gasteiger partial charge in [-0.1, -0.05) is 6.92 Å². The summed E-state index contributed by atoms with van der Waals surface area (Å²) in [6.07, 6.45) is 4.82. The number of aromatic nitrogens is 2. The summed E-state index contributed by atoms with van der Waals surface area (Å²) in [5.41, 5.74) is 5.91. The van der Waals surface area contributed by atoms with Gasteiger partial charge in [-0.05, 0) is 25.2 Å². The lowest BCUT2D eigenvalue weighted by Gasteiger charge is -2.35. The molecule has 1 aromatic heterocycles. The predicted molar refractivity (Wildman–Crippen MR) is 81.8 cm³/mol. The molecule has 20 heavy (non-hydrogen) atoms. The lowest BCUT2D eigenvalue weighted by Crippen LogP contribution is -2.47. The maximum absolute atomic E-state index is 5.91. The average molecular weight is 275 g/mol. The van der Waals surface area contributed by atoms with Crippen LogP contribution in [-0.4, -0.2) is 47.6 Å². The molecule has 5 nitrogen and oxygen atoms in total. The molecule has 0 spiro atoms. The fraction of sp³-hybridized carbons (Fsp3) is 0.733. The van der Waals surface area contributed by atoms with Crippen LogP contribution in [-0.2, 0) is 6.42 Å². The third kappa shape index (κ3) is 3.39. The van der Waals surface area contributed by atoms with Crippen LogP contribution in [0.2, 0.25) is 0 Å². The summed E-state index contributed by atoms with van der Waals surface area (Å²) in [4.78, 5) is 13.9. The van der Waals surface area contributed by atoms with E-state index in [1.807, 2.05) is 6.07 Å². The Labute approximate surface area is 121 Å². The van der Waals surface area contributed by atoms with Crippen molar-refractivity contribution in [3.05, 3.63) is 11.9 Å². The fourth-order valence-electron chi connectivity index (χ4n) is 2.83. The highest BCUT2D eigenvalue weighted by atomic mass is 15.3. The van der Waals surface area contributed by atoms with Crippen molar-refractivity contribution in [3.8, 4) is 0 Å². The summed E-state index contributed by atoms with van der Waals surface area (Å²) >= 11 is 0. The number of nitrogens with two attached hydrogens (primary N) is 1. The number of nitrogen functional groups attached to an aromatic ring is 1. The molecule has 0 aromatic carbocycles. The van der Waals surface area contributed by atoms with Crippen LogP contribution in [0.3, 0.4) is 0 Å². The van der Waals surface area contributed by atoms with Crippen molar-refractivity contribution >= 4 is 11.6 Å². The van der Waals surface area contributed by atoms with Gasteiger partial charge in [0, 0.05) is 45.2 Å². The second-order valence-electron chi connectivity index (χ2n) is 6.05. The number of anilines is 2. The zero-order chi connectivity index (χ0) is 13.9. The Kier molecular flexibility index (Phi) is 4.05. The maximum Gasteiger partial charge on any atom is 0.134 e. The monoisotopic (exact) mass is 275 g/mol. The quantitative estimate of drug-likeness (QED) is 0.883. The number of piperazine rings is 1. The van der Waals surface area contributed by atoms with Gasteiger partial charge in [0.25, 0.3) is 0 Å². The molecule has 5 heteroatoms. The molecule has 0 amide bonds. The topological polar surface area (TPSA) is 58.3 Å². The number of hydrogen-bond donors (Lipinski definition) is 1. The van der Waals surface area contributed by atoms with Crippen LogP contribution < -0.4 is 10.6 Å². The van der Waals surface area contributed by atoms with Crippen molar-refractivity contribution in [2.75, 3.05) is 43.4 Å². The molecule has 3 rings (SSSR count). The van der Waals surface area contributed by atoms with Crippen LogP contribution in [0.5, 0.6) is 0 Å². The van der Waals surface area contributed by atoms with Crippen LogP contribution in [0.15, 0.2) is 6.07 Å². The molecule has 2 N–H and O–H groups in total. The van der Waals surface area contributed by atoms with E-state index < -0.39 is 0 Å². The smallest absolute Gasteiger partial charge is 0.134 e. The molecular formula is C15H25N5. The SMILES string of the molecule is CCCc1nc(N)cc(N2CCN(CC3CC3)CC2)n1. The molecule has 0 radical (unpaired) electrons. The highest BCUT2D eigenvalue weighted by Gasteiger charge is 2.26. The highest BCUT2D eigenvalue weighted by Crippen LogP contribution is 2.30. The molecule has 1 aromatic rings. The van der Waals surface area contributed by atoms with Crippen molar-refractivity contribution < 1.29 is 0 Å². The van der Waals surface area contributed by atoms with Crippen LogP contribution in [0.1, 0.15) is 32.0 Å². The average Bonchev–Trinajstić information content (AvgIpc) is 3.23. The zero-order valence-electron chi connectivity index (χ0n) is 12.4. The van der Waals surface area contributed by atoms with Crippen LogP contribution in [0, 0.1) is 5.92 Å². The van der Waals surface area contributed by atoms with E-state index in [-0.39, 0.29) is 0 Å². The first kappa shape index (κ1) is 13.6. The molecule has 0 unspecified atom stereocenters. The van der Waals surface area contributed by atoms with Crippen molar-refractivity contribution in [3.63, 3.8) is 0 Å². The molecule has 1 aliphatic heterocycles. The Balaban J connectivity index is 1.61. The molecule has 0 atom stereocenters. The number of aryl methyl sites for hydroxylation is 1. The van der Waals surface area contributed by atoms with E-state index in [4.69, 9.17) is 5.73 Å². The van der Waals surface area contributed by atoms with Gasteiger partial charge < -0.3 is 10.6 Å². The number of rotatable bonds is 5. The summed E-state index contributed by atoms with van der Waals surface area (Å²) in [5, 5.41) is 0. The minimum atomic E-state index is 0.596. The zero-order valence-corrected chi connectivity index (χ0v) is 12.4. The van der Waals surface area contributed by atoms with E-state index in [9.17, 15) is 0 Å². The Bertz CT molecular complexity index is 450. The van der Waals surface area contributed by atoms with E-state index in [0.29, 0.717) is 5.82 Å². The van der Waals surface area contributed by atoms with Crippen LogP contribution >= 0.6 is 0 Å². The summed E-state index contributed by atoms with van der Waals surface area (Å²) in [7, 11) is 0. The third-order valence-electron chi connectivity index (χ3n) is 4.16. The molecule has 2 aliphatic rings. The fourth-order valence-corrected chi connectivity index (χ4v) is 2.83. The van der Waals surface area contributed by atoms with Gasteiger partial charge in [0.15, 0.2) is 0 Å². The van der Waals surface area contributed by atoms with Crippen molar-refractivity contribution in [2.45, 2.75) is 32.6 Å². The molecule has 2 heterocycles. The number of hydrogen-bond acceptors (Lipinski definition) is 5. The van der Waals surface area contributed by atoms with E-state index >= 15 is 0 Å². The summed E-state index contributed by atoms with van der Waals surface area (Å²) in [6.45, 7) is 7.82. The maximum atomic E-state index is 5.91. The lowest BCUT2D eigenvalue weighted by atomic mass is 10.2. The molecular weight excluding hydrogens is 250 g/mol. The molecule has 2 fully saturated rings. The normalized spacial score (nSPS) is 20.4. The van der Waals surface area contributed by atoms with Crippen molar-refractivity contribution in [1.29, 1.82) is 0 Å². The number of nitrogens with zero attached hydrogens (tertiary/aromatic N) is 4. The van der Waals surface area contributed by atoms with Gasteiger partial charge >= 0.3 is 0 Å². The lowest BCUT2D eigenvalue weighted by molar-refractivity contribution is 0.247. The van der Waals surface area contributed by atoms with Crippen molar-refractivity contribution in [1.82, 2.24) is 14.9 Å². The Morgan fingerprint density at radius 3 is 2.60 bits per heavy atom. The van der Waals surface area contributed by atoms with Gasteiger partial charge in [-0.2, -0.15) is 0 Å². The Hall–Kier alpha value is -1.36. The van der Waals surface area contributed by atoms with Gasteiger partial charge in [-0.25, -0.2) is 9.97 Å². The van der Waals surface area contributed by atoms with E-state index in [1.54, 1.807) is 0 Å². The summed E-state index contributed by atoms with van der Waals surface area (Å²) < 4.78 is 0. The van der Waals surface area contributed by atoms with E-state index in [2.05, 4.69) is 26.7 Å². The van der Waals surface area contributed by atoms with Gasteiger partial charge in [0.1, 0.15) is 17.5 Å². The molecule has 1 saturated carbocycles. The molecule has 0 bridgehead atoms. The summed E-state index contributed by atoms with van der Waals surface area (Å²) in [6, 6.07) is 1.91. The largest absolute Gasteiger partial charge is 0.384 e. The van der Waals surface area contributed by atoms with Crippen molar-refractivity contribution in [2.24, 2.45) is 5.92 Å². The highest BCUT2D eigenvalue weighted by molar-refractivity contribution is 5.47. The van der Waals surface area contributed by atoms with Gasteiger partial charge in [-0.3, -0.25) is 4.90 Å². The first-order valence-corrected chi connectivity index (χ1v) is 7.85. The van der Waals surface area contributed by atoms with Gasteiger partial charge in [0.2, 0.25) is 0 Å². The van der Waals surface area contributed by atoms with Gasteiger partial charge in [0.05, 0.1) is 0 Å². The minimum Gasteiger partial charge on any atom is -0.384 e.